The van der Waals surface area contributed by atoms with Gasteiger partial charge in [0.25, 0.3) is 0 Å². The number of rotatable bonds is 6. The maximum Gasteiger partial charge on any atom is 0.410 e. The molecule has 208 valence electrons. The van der Waals surface area contributed by atoms with Crippen molar-refractivity contribution in [2.24, 2.45) is 0 Å². The fourth-order valence-corrected chi connectivity index (χ4v) is 5.80. The van der Waals surface area contributed by atoms with Crippen LogP contribution in [0.1, 0.15) is 80.3 Å². The molecule has 1 aliphatic rings. The smallest absolute Gasteiger partial charge is 0.410 e. The Morgan fingerprint density at radius 3 is 2.45 bits per heavy atom. The highest BCUT2D eigenvalue weighted by atomic mass is 16.6. The number of carbonyl (C=O) groups is 1. The fraction of sp³-hybridized carbons (Fsp3) is 0.361. The van der Waals surface area contributed by atoms with E-state index in [1.807, 2.05) is 37.8 Å². The molecule has 4 nitrogen and oxygen atoms in total. The summed E-state index contributed by atoms with van der Waals surface area (Å²) in [4.78, 5) is 15.5. The van der Waals surface area contributed by atoms with Crippen molar-refractivity contribution < 1.29 is 14.3 Å². The Bertz CT molecular complexity index is 1500. The van der Waals surface area contributed by atoms with Gasteiger partial charge in [-0.15, -0.1) is 0 Å². The molecule has 0 spiro atoms. The number of amides is 1. The summed E-state index contributed by atoms with van der Waals surface area (Å²) in [5.41, 5.74) is 5.69. The molecule has 3 atom stereocenters. The standard InChI is InChI=1S/C36H41NO3/c1-24-18-19-28(22-25(24)2)33-23-29(39-34-17-10-9-15-32(33)34)20-21-37(35(38)40-36(4,5)6)26(3)30-16-11-13-27-12-7-8-14-31(27)30/h7-19,22,26,29,33H,20-21,23H2,1-6H3. The lowest BCUT2D eigenvalue weighted by Crippen LogP contribution is -2.41. The predicted octanol–water partition coefficient (Wildman–Crippen LogP) is 9.13. The molecule has 3 unspecified atom stereocenters. The first-order chi connectivity index (χ1) is 19.1. The highest BCUT2D eigenvalue weighted by molar-refractivity contribution is 5.86. The summed E-state index contributed by atoms with van der Waals surface area (Å²) in [5, 5.41) is 2.32. The van der Waals surface area contributed by atoms with E-state index in [-0.39, 0.29) is 24.2 Å². The normalized spacial score (nSPS) is 17.6. The van der Waals surface area contributed by atoms with E-state index in [2.05, 4.69) is 93.6 Å². The van der Waals surface area contributed by atoms with Gasteiger partial charge in [0.1, 0.15) is 17.5 Å². The molecule has 4 heteroatoms. The van der Waals surface area contributed by atoms with Crippen LogP contribution in [0.15, 0.2) is 84.9 Å². The fourth-order valence-electron chi connectivity index (χ4n) is 5.80. The van der Waals surface area contributed by atoms with Gasteiger partial charge in [-0.2, -0.15) is 0 Å². The summed E-state index contributed by atoms with van der Waals surface area (Å²) in [5.74, 6) is 1.19. The van der Waals surface area contributed by atoms with Gasteiger partial charge in [-0.3, -0.25) is 0 Å². The zero-order valence-corrected chi connectivity index (χ0v) is 24.6. The maximum atomic E-state index is 13.6. The molecule has 0 saturated heterocycles. The summed E-state index contributed by atoms with van der Waals surface area (Å²) < 4.78 is 12.5. The van der Waals surface area contributed by atoms with Crippen LogP contribution in [0.25, 0.3) is 10.8 Å². The largest absolute Gasteiger partial charge is 0.490 e. The molecule has 0 N–H and O–H groups in total. The van der Waals surface area contributed by atoms with Crippen molar-refractivity contribution in [3.05, 3.63) is 113 Å². The van der Waals surface area contributed by atoms with Gasteiger partial charge in [-0.25, -0.2) is 4.79 Å². The Labute approximate surface area is 238 Å². The Balaban J connectivity index is 1.42. The second-order valence-corrected chi connectivity index (χ2v) is 12.1. The second kappa shape index (κ2) is 11.4. The maximum absolute atomic E-state index is 13.6. The topological polar surface area (TPSA) is 38.8 Å². The summed E-state index contributed by atoms with van der Waals surface area (Å²) in [6.45, 7) is 12.7. The van der Waals surface area contributed by atoms with Crippen molar-refractivity contribution in [2.75, 3.05) is 6.54 Å². The Morgan fingerprint density at radius 1 is 0.950 bits per heavy atom. The van der Waals surface area contributed by atoms with Gasteiger partial charge >= 0.3 is 6.09 Å². The zero-order chi connectivity index (χ0) is 28.4. The first-order valence-electron chi connectivity index (χ1n) is 14.4. The number of carbonyl (C=O) groups excluding carboxylic acids is 1. The van der Waals surface area contributed by atoms with Gasteiger partial charge in [0.2, 0.25) is 0 Å². The molecular weight excluding hydrogens is 494 g/mol. The summed E-state index contributed by atoms with van der Waals surface area (Å²) in [6.07, 6.45) is 1.26. The van der Waals surface area contributed by atoms with E-state index in [1.165, 1.54) is 27.6 Å². The minimum absolute atomic E-state index is 0.0221. The number of aryl methyl sites for hydroxylation is 2. The molecule has 5 rings (SSSR count). The number of hydrogen-bond acceptors (Lipinski definition) is 3. The van der Waals surface area contributed by atoms with Crippen molar-refractivity contribution in [2.45, 2.75) is 78.0 Å². The Kier molecular flexibility index (Phi) is 7.89. The van der Waals surface area contributed by atoms with Gasteiger partial charge in [0, 0.05) is 24.4 Å². The molecule has 1 aliphatic heterocycles. The lowest BCUT2D eigenvalue weighted by Gasteiger charge is -2.36. The highest BCUT2D eigenvalue weighted by Gasteiger charge is 2.32. The summed E-state index contributed by atoms with van der Waals surface area (Å²) in [6, 6.07) is 29.6. The average Bonchev–Trinajstić information content (AvgIpc) is 2.93. The summed E-state index contributed by atoms with van der Waals surface area (Å²) in [7, 11) is 0. The quantitative estimate of drug-likeness (QED) is 0.247. The van der Waals surface area contributed by atoms with Gasteiger partial charge < -0.3 is 14.4 Å². The molecule has 1 heterocycles. The van der Waals surface area contributed by atoms with Crippen LogP contribution in [0.5, 0.6) is 5.75 Å². The van der Waals surface area contributed by atoms with Crippen LogP contribution >= 0.6 is 0 Å². The minimum atomic E-state index is -0.581. The SMILES string of the molecule is Cc1ccc(C2CC(CCN(C(=O)OC(C)(C)C)C(C)c3cccc4ccccc34)Oc3ccccc32)cc1C. The van der Waals surface area contributed by atoms with E-state index in [4.69, 9.17) is 9.47 Å². The van der Waals surface area contributed by atoms with Crippen LogP contribution in [0.3, 0.4) is 0 Å². The molecule has 0 bridgehead atoms. The molecule has 1 amide bonds. The Hall–Kier alpha value is -3.79. The van der Waals surface area contributed by atoms with Crippen LogP contribution in [-0.2, 0) is 4.74 Å². The molecule has 0 saturated carbocycles. The monoisotopic (exact) mass is 535 g/mol. The van der Waals surface area contributed by atoms with Crippen molar-refractivity contribution in [1.29, 1.82) is 0 Å². The number of para-hydroxylation sites is 1. The third kappa shape index (κ3) is 6.01. The van der Waals surface area contributed by atoms with E-state index in [0.717, 1.165) is 23.1 Å². The lowest BCUT2D eigenvalue weighted by molar-refractivity contribution is 0.0142. The minimum Gasteiger partial charge on any atom is -0.490 e. The van der Waals surface area contributed by atoms with E-state index < -0.39 is 5.60 Å². The molecule has 0 aliphatic carbocycles. The average molecular weight is 536 g/mol. The van der Waals surface area contributed by atoms with E-state index >= 15 is 0 Å². The molecule has 0 fully saturated rings. The molecule has 4 aromatic carbocycles. The number of nitrogens with zero attached hydrogens (tertiary/aromatic N) is 1. The first-order valence-corrected chi connectivity index (χ1v) is 14.4. The third-order valence-electron chi connectivity index (χ3n) is 8.08. The Morgan fingerprint density at radius 2 is 1.68 bits per heavy atom. The van der Waals surface area contributed by atoms with Gasteiger partial charge in [-0.05, 0) is 87.1 Å². The van der Waals surface area contributed by atoms with Crippen molar-refractivity contribution in [3.63, 3.8) is 0 Å². The van der Waals surface area contributed by atoms with Crippen LogP contribution < -0.4 is 4.74 Å². The third-order valence-corrected chi connectivity index (χ3v) is 8.08. The van der Waals surface area contributed by atoms with Gasteiger partial charge in [-0.1, -0.05) is 78.9 Å². The number of benzene rings is 4. The van der Waals surface area contributed by atoms with Crippen LogP contribution in [-0.4, -0.2) is 29.2 Å². The van der Waals surface area contributed by atoms with Gasteiger partial charge in [0.15, 0.2) is 0 Å². The zero-order valence-electron chi connectivity index (χ0n) is 24.6. The summed E-state index contributed by atoms with van der Waals surface area (Å²) >= 11 is 0. The molecule has 0 radical (unpaired) electrons. The second-order valence-electron chi connectivity index (χ2n) is 12.1. The highest BCUT2D eigenvalue weighted by Crippen LogP contribution is 2.42. The van der Waals surface area contributed by atoms with E-state index in [9.17, 15) is 4.79 Å². The number of hydrogen-bond donors (Lipinski definition) is 0. The van der Waals surface area contributed by atoms with E-state index in [0.29, 0.717) is 13.0 Å². The van der Waals surface area contributed by atoms with Crippen molar-refractivity contribution in [3.8, 4) is 5.75 Å². The number of ether oxygens (including phenoxy) is 2. The van der Waals surface area contributed by atoms with Gasteiger partial charge in [0.05, 0.1) is 6.04 Å². The van der Waals surface area contributed by atoms with E-state index in [1.54, 1.807) is 0 Å². The lowest BCUT2D eigenvalue weighted by atomic mass is 9.82. The molecular formula is C36H41NO3. The predicted molar refractivity (Wildman–Crippen MR) is 163 cm³/mol. The van der Waals surface area contributed by atoms with Crippen LogP contribution in [0.2, 0.25) is 0 Å². The van der Waals surface area contributed by atoms with Crippen LogP contribution in [0.4, 0.5) is 4.79 Å². The molecule has 40 heavy (non-hydrogen) atoms. The van der Waals surface area contributed by atoms with Crippen LogP contribution in [0, 0.1) is 13.8 Å². The first kappa shape index (κ1) is 27.8. The van der Waals surface area contributed by atoms with Crippen molar-refractivity contribution in [1.82, 2.24) is 4.90 Å². The van der Waals surface area contributed by atoms with Crippen molar-refractivity contribution >= 4 is 16.9 Å². The molecule has 4 aromatic rings. The number of fused-ring (bicyclic) bond motifs is 2. The molecule has 0 aromatic heterocycles.